The van der Waals surface area contributed by atoms with E-state index in [2.05, 4.69) is 23.1 Å². The van der Waals surface area contributed by atoms with E-state index >= 15 is 0 Å². The van der Waals surface area contributed by atoms with E-state index in [1.54, 1.807) is 4.90 Å². The van der Waals surface area contributed by atoms with E-state index in [0.717, 1.165) is 50.8 Å². The normalized spacial score (nSPS) is 35.3. The highest BCUT2D eigenvalue weighted by atomic mass is 16.4. The number of benzene rings is 1. The number of fused-ring (bicyclic) bond motifs is 1. The minimum absolute atomic E-state index is 0.175. The van der Waals surface area contributed by atoms with E-state index < -0.39 is 6.09 Å². The summed E-state index contributed by atoms with van der Waals surface area (Å²) in [4.78, 5) is 15.5. The molecule has 0 aromatic heterocycles. The van der Waals surface area contributed by atoms with Gasteiger partial charge < -0.3 is 10.0 Å². The number of rotatable bonds is 2. The molecule has 2 unspecified atom stereocenters. The molecule has 1 aromatic rings. The second-order valence-electron chi connectivity index (χ2n) is 7.84. The Hall–Kier alpha value is -2.06. The molecule has 1 N–H and O–H groups in total. The van der Waals surface area contributed by atoms with Gasteiger partial charge in [-0.25, -0.2) is 4.79 Å². The maximum absolute atomic E-state index is 11.4. The summed E-state index contributed by atoms with van der Waals surface area (Å²) in [5.74, 6) is 0.493. The van der Waals surface area contributed by atoms with E-state index in [4.69, 9.17) is 0 Å². The minimum Gasteiger partial charge on any atom is -0.465 e. The summed E-state index contributed by atoms with van der Waals surface area (Å²) in [5, 5.41) is 19.2. The van der Waals surface area contributed by atoms with Crippen LogP contribution in [0.2, 0.25) is 0 Å². The van der Waals surface area contributed by atoms with Crippen molar-refractivity contribution >= 4 is 6.09 Å². The number of hydrogen-bond acceptors (Lipinski definition) is 3. The fraction of sp³-hybridized carbons (Fsp3) is 0.600. The van der Waals surface area contributed by atoms with Crippen molar-refractivity contribution in [2.45, 2.75) is 49.6 Å². The first kappa shape index (κ1) is 16.4. The lowest BCUT2D eigenvalue weighted by molar-refractivity contribution is 0.123. The molecule has 1 amide bonds. The van der Waals surface area contributed by atoms with Gasteiger partial charge in [0, 0.05) is 25.7 Å². The van der Waals surface area contributed by atoms with Gasteiger partial charge in [-0.2, -0.15) is 5.26 Å². The molecule has 132 valence electrons. The van der Waals surface area contributed by atoms with Gasteiger partial charge in [-0.05, 0) is 43.6 Å². The monoisotopic (exact) mass is 339 g/mol. The molecule has 0 bridgehead atoms. The number of nitriles is 1. The zero-order valence-corrected chi connectivity index (χ0v) is 14.5. The van der Waals surface area contributed by atoms with E-state index in [9.17, 15) is 15.2 Å². The molecule has 1 aliphatic carbocycles. The van der Waals surface area contributed by atoms with Crippen molar-refractivity contribution in [3.8, 4) is 6.07 Å². The van der Waals surface area contributed by atoms with Gasteiger partial charge in [0.1, 0.15) is 0 Å². The van der Waals surface area contributed by atoms with Gasteiger partial charge in [0.15, 0.2) is 0 Å². The predicted molar refractivity (Wildman–Crippen MR) is 94.2 cm³/mol. The SMILES string of the molecule is N#CC1(c2ccccc2)CCC(N2CC3CCN(C(=O)O)C3C2)CC1. The van der Waals surface area contributed by atoms with Crippen LogP contribution in [-0.4, -0.2) is 52.7 Å². The Bertz CT molecular complexity index is 676. The van der Waals surface area contributed by atoms with Crippen LogP contribution in [0, 0.1) is 17.2 Å². The molecular formula is C20H25N3O2. The Morgan fingerprint density at radius 2 is 1.88 bits per heavy atom. The Balaban J connectivity index is 1.42. The Kier molecular flexibility index (Phi) is 4.16. The van der Waals surface area contributed by atoms with E-state index in [1.165, 1.54) is 0 Å². The highest BCUT2D eigenvalue weighted by Gasteiger charge is 2.46. The lowest BCUT2D eigenvalue weighted by atomic mass is 9.69. The summed E-state index contributed by atoms with van der Waals surface area (Å²) in [6.45, 7) is 2.57. The average Bonchev–Trinajstić information content (AvgIpc) is 3.23. The first-order chi connectivity index (χ1) is 12.1. The van der Waals surface area contributed by atoms with Crippen LogP contribution in [0.4, 0.5) is 4.79 Å². The molecule has 2 aliphatic heterocycles. The van der Waals surface area contributed by atoms with E-state index in [-0.39, 0.29) is 11.5 Å². The summed E-state index contributed by atoms with van der Waals surface area (Å²) in [6.07, 6.45) is 4.06. The average molecular weight is 339 g/mol. The van der Waals surface area contributed by atoms with Crippen LogP contribution in [0.15, 0.2) is 30.3 Å². The van der Waals surface area contributed by atoms with Crippen LogP contribution in [0.1, 0.15) is 37.7 Å². The van der Waals surface area contributed by atoms with Crippen molar-refractivity contribution in [1.82, 2.24) is 9.80 Å². The van der Waals surface area contributed by atoms with Crippen molar-refractivity contribution in [2.75, 3.05) is 19.6 Å². The quantitative estimate of drug-likeness (QED) is 0.899. The number of hydrogen-bond donors (Lipinski definition) is 1. The number of carboxylic acid groups (broad SMARTS) is 1. The lowest BCUT2D eigenvalue weighted by Crippen LogP contribution is -2.44. The maximum atomic E-state index is 11.4. The van der Waals surface area contributed by atoms with Gasteiger partial charge in [0.05, 0.1) is 17.5 Å². The third kappa shape index (κ3) is 2.79. The highest BCUT2D eigenvalue weighted by molar-refractivity contribution is 5.66. The van der Waals surface area contributed by atoms with E-state index in [1.807, 2.05) is 18.2 Å². The second kappa shape index (κ2) is 6.34. The molecule has 3 aliphatic rings. The fourth-order valence-corrected chi connectivity index (χ4v) is 5.21. The third-order valence-electron chi connectivity index (χ3n) is 6.69. The molecule has 2 saturated heterocycles. The first-order valence-electron chi connectivity index (χ1n) is 9.33. The maximum Gasteiger partial charge on any atom is 0.407 e. The summed E-state index contributed by atoms with van der Waals surface area (Å²) < 4.78 is 0. The molecule has 1 saturated carbocycles. The van der Waals surface area contributed by atoms with Crippen molar-refractivity contribution in [2.24, 2.45) is 5.92 Å². The summed E-state index contributed by atoms with van der Waals surface area (Å²) in [5.41, 5.74) is 0.798. The largest absolute Gasteiger partial charge is 0.465 e. The Labute approximate surface area is 148 Å². The van der Waals surface area contributed by atoms with Crippen LogP contribution >= 0.6 is 0 Å². The van der Waals surface area contributed by atoms with Gasteiger partial charge in [0.2, 0.25) is 0 Å². The van der Waals surface area contributed by atoms with Crippen molar-refractivity contribution < 1.29 is 9.90 Å². The molecule has 1 aromatic carbocycles. The molecule has 0 spiro atoms. The number of likely N-dealkylation sites (tertiary alicyclic amines) is 2. The summed E-state index contributed by atoms with van der Waals surface area (Å²) in [7, 11) is 0. The molecule has 3 fully saturated rings. The first-order valence-corrected chi connectivity index (χ1v) is 9.33. The van der Waals surface area contributed by atoms with Gasteiger partial charge >= 0.3 is 6.09 Å². The predicted octanol–water partition coefficient (Wildman–Crippen LogP) is 3.07. The minimum atomic E-state index is -0.773. The summed E-state index contributed by atoms with van der Waals surface area (Å²) >= 11 is 0. The van der Waals surface area contributed by atoms with Gasteiger partial charge in [-0.15, -0.1) is 0 Å². The third-order valence-corrected chi connectivity index (χ3v) is 6.69. The zero-order valence-electron chi connectivity index (χ0n) is 14.5. The van der Waals surface area contributed by atoms with Crippen LogP contribution in [-0.2, 0) is 5.41 Å². The molecule has 2 atom stereocenters. The number of carbonyl (C=O) groups is 1. The van der Waals surface area contributed by atoms with Crippen LogP contribution in [0.5, 0.6) is 0 Å². The highest BCUT2D eigenvalue weighted by Crippen LogP contribution is 2.42. The van der Waals surface area contributed by atoms with Gasteiger partial charge in [-0.1, -0.05) is 30.3 Å². The number of nitrogens with zero attached hydrogens (tertiary/aromatic N) is 3. The Morgan fingerprint density at radius 1 is 1.16 bits per heavy atom. The smallest absolute Gasteiger partial charge is 0.407 e. The molecule has 2 heterocycles. The molecule has 25 heavy (non-hydrogen) atoms. The standard InChI is InChI=1S/C20H25N3O2/c21-14-20(16-4-2-1-3-5-16)9-6-17(7-10-20)22-12-15-8-11-23(19(24)25)18(15)13-22/h1-5,15,17-18H,6-13H2,(H,24,25). The second-order valence-corrected chi connectivity index (χ2v) is 7.84. The van der Waals surface area contributed by atoms with Gasteiger partial charge in [0.25, 0.3) is 0 Å². The molecular weight excluding hydrogens is 314 g/mol. The van der Waals surface area contributed by atoms with Crippen molar-refractivity contribution in [3.63, 3.8) is 0 Å². The van der Waals surface area contributed by atoms with Crippen LogP contribution < -0.4 is 0 Å². The molecule has 0 radical (unpaired) electrons. The topological polar surface area (TPSA) is 67.6 Å². The van der Waals surface area contributed by atoms with E-state index in [0.29, 0.717) is 18.5 Å². The zero-order chi connectivity index (χ0) is 17.4. The number of amides is 1. The molecule has 5 nitrogen and oxygen atoms in total. The Morgan fingerprint density at radius 3 is 2.52 bits per heavy atom. The molecule has 5 heteroatoms. The van der Waals surface area contributed by atoms with Crippen molar-refractivity contribution in [3.05, 3.63) is 35.9 Å². The van der Waals surface area contributed by atoms with Crippen molar-refractivity contribution in [1.29, 1.82) is 5.26 Å². The fourth-order valence-electron chi connectivity index (χ4n) is 5.21. The van der Waals surface area contributed by atoms with Crippen LogP contribution in [0.3, 0.4) is 0 Å². The lowest BCUT2D eigenvalue weighted by Gasteiger charge is -2.39. The summed E-state index contributed by atoms with van der Waals surface area (Å²) in [6, 6.07) is 13.5. The van der Waals surface area contributed by atoms with Crippen LogP contribution in [0.25, 0.3) is 0 Å². The molecule has 4 rings (SSSR count). The van der Waals surface area contributed by atoms with Gasteiger partial charge in [-0.3, -0.25) is 4.90 Å².